The zero-order valence-electron chi connectivity index (χ0n) is 7.38. The highest BCUT2D eigenvalue weighted by atomic mass is 16.5. The third kappa shape index (κ3) is 1.95. The van der Waals surface area contributed by atoms with Gasteiger partial charge < -0.3 is 16.2 Å². The van der Waals surface area contributed by atoms with E-state index < -0.39 is 5.54 Å². The van der Waals surface area contributed by atoms with E-state index in [-0.39, 0.29) is 18.2 Å². The van der Waals surface area contributed by atoms with E-state index in [0.717, 1.165) is 6.42 Å². The summed E-state index contributed by atoms with van der Waals surface area (Å²) in [5.41, 5.74) is 10.7. The van der Waals surface area contributed by atoms with Gasteiger partial charge in [0.05, 0.1) is 6.61 Å². The second-order valence-corrected chi connectivity index (χ2v) is 3.60. The van der Waals surface area contributed by atoms with Crippen molar-refractivity contribution in [2.24, 2.45) is 17.4 Å². The van der Waals surface area contributed by atoms with Gasteiger partial charge in [0.25, 0.3) is 0 Å². The van der Waals surface area contributed by atoms with Crippen molar-refractivity contribution in [2.45, 2.75) is 25.3 Å². The Bertz CT molecular complexity index is 184. The van der Waals surface area contributed by atoms with Crippen LogP contribution < -0.4 is 11.5 Å². The van der Waals surface area contributed by atoms with Crippen LogP contribution in [0, 0.1) is 5.92 Å². The Labute approximate surface area is 72.2 Å². The lowest BCUT2D eigenvalue weighted by Gasteiger charge is -2.38. The Balaban J connectivity index is 2.59. The summed E-state index contributed by atoms with van der Waals surface area (Å²) in [5, 5.41) is 0. The lowest BCUT2D eigenvalue weighted by Crippen LogP contribution is -2.53. The van der Waals surface area contributed by atoms with Gasteiger partial charge in [0, 0.05) is 18.6 Å². The Hall–Kier alpha value is -0.610. The molecular formula is C8H16N2O2. The molecule has 1 rings (SSSR count). The van der Waals surface area contributed by atoms with Gasteiger partial charge in [-0.15, -0.1) is 0 Å². The van der Waals surface area contributed by atoms with Crippen LogP contribution in [0.15, 0.2) is 0 Å². The number of hydrogen-bond acceptors (Lipinski definition) is 3. The number of amides is 1. The minimum atomic E-state index is -0.440. The first-order chi connectivity index (χ1) is 5.54. The van der Waals surface area contributed by atoms with Crippen LogP contribution in [0.25, 0.3) is 0 Å². The van der Waals surface area contributed by atoms with Crippen molar-refractivity contribution >= 4 is 5.91 Å². The number of carbonyl (C=O) groups excluding carboxylic acids is 1. The lowest BCUT2D eigenvalue weighted by atomic mass is 9.79. The summed E-state index contributed by atoms with van der Waals surface area (Å²) >= 11 is 0. The summed E-state index contributed by atoms with van der Waals surface area (Å²) < 4.78 is 5.23. The molecule has 1 heterocycles. The molecule has 2 atom stereocenters. The number of carbonyl (C=O) groups is 1. The minimum Gasteiger partial charge on any atom is -0.381 e. The maximum atomic E-state index is 10.7. The van der Waals surface area contributed by atoms with E-state index in [0.29, 0.717) is 13.2 Å². The van der Waals surface area contributed by atoms with Crippen LogP contribution in [0.1, 0.15) is 19.8 Å². The first kappa shape index (κ1) is 9.48. The van der Waals surface area contributed by atoms with Crippen LogP contribution in [-0.4, -0.2) is 24.7 Å². The lowest BCUT2D eigenvalue weighted by molar-refractivity contribution is -0.120. The van der Waals surface area contributed by atoms with Crippen LogP contribution >= 0.6 is 0 Å². The van der Waals surface area contributed by atoms with E-state index in [1.54, 1.807) is 0 Å². The van der Waals surface area contributed by atoms with E-state index in [1.165, 1.54) is 0 Å². The van der Waals surface area contributed by atoms with Gasteiger partial charge in [-0.25, -0.2) is 0 Å². The highest BCUT2D eigenvalue weighted by Crippen LogP contribution is 2.26. The Morgan fingerprint density at radius 1 is 1.75 bits per heavy atom. The predicted octanol–water partition coefficient (Wildman–Crippen LogP) is -0.384. The molecule has 4 nitrogen and oxygen atoms in total. The van der Waals surface area contributed by atoms with E-state index in [9.17, 15) is 4.79 Å². The zero-order valence-corrected chi connectivity index (χ0v) is 7.38. The summed E-state index contributed by atoms with van der Waals surface area (Å²) in [6.07, 6.45) is 0.981. The number of hydrogen-bond donors (Lipinski definition) is 2. The first-order valence-corrected chi connectivity index (χ1v) is 4.19. The molecule has 1 aliphatic heterocycles. The van der Waals surface area contributed by atoms with Crippen LogP contribution in [0.3, 0.4) is 0 Å². The molecule has 0 aliphatic carbocycles. The maximum Gasteiger partial charge on any atom is 0.219 e. The molecule has 1 aliphatic rings. The molecule has 0 aromatic heterocycles. The molecule has 1 saturated heterocycles. The molecule has 4 N–H and O–H groups in total. The summed E-state index contributed by atoms with van der Waals surface area (Å²) in [6, 6.07) is 0. The van der Waals surface area contributed by atoms with Crippen molar-refractivity contribution in [1.82, 2.24) is 0 Å². The Kier molecular flexibility index (Phi) is 2.69. The van der Waals surface area contributed by atoms with Gasteiger partial charge in [0.2, 0.25) is 5.91 Å². The molecule has 0 aromatic carbocycles. The minimum absolute atomic E-state index is 0.207. The quantitative estimate of drug-likeness (QED) is 0.595. The van der Waals surface area contributed by atoms with Gasteiger partial charge in [-0.3, -0.25) is 4.79 Å². The third-order valence-electron chi connectivity index (χ3n) is 2.56. The number of primary amides is 1. The maximum absolute atomic E-state index is 10.7. The smallest absolute Gasteiger partial charge is 0.219 e. The molecule has 1 amide bonds. The summed E-state index contributed by atoms with van der Waals surface area (Å²) in [7, 11) is 0. The fraction of sp³-hybridized carbons (Fsp3) is 0.875. The summed E-state index contributed by atoms with van der Waals surface area (Å²) in [6.45, 7) is 3.25. The molecule has 4 heteroatoms. The first-order valence-electron chi connectivity index (χ1n) is 4.19. The van der Waals surface area contributed by atoms with Crippen LogP contribution in [0.2, 0.25) is 0 Å². The molecule has 0 aromatic rings. The highest BCUT2D eigenvalue weighted by molar-refractivity contribution is 5.75. The fourth-order valence-electron chi connectivity index (χ4n) is 1.52. The Morgan fingerprint density at radius 2 is 2.42 bits per heavy atom. The molecule has 0 radical (unpaired) electrons. The Morgan fingerprint density at radius 3 is 2.92 bits per heavy atom. The van der Waals surface area contributed by atoms with Gasteiger partial charge in [-0.05, 0) is 12.3 Å². The molecule has 70 valence electrons. The second kappa shape index (κ2) is 3.41. The van der Waals surface area contributed by atoms with Crippen LogP contribution in [0.4, 0.5) is 0 Å². The normalized spacial score (nSPS) is 36.3. The second-order valence-electron chi connectivity index (χ2n) is 3.60. The zero-order chi connectivity index (χ0) is 9.19. The van der Waals surface area contributed by atoms with E-state index in [4.69, 9.17) is 16.2 Å². The van der Waals surface area contributed by atoms with Crippen molar-refractivity contribution in [1.29, 1.82) is 0 Å². The largest absolute Gasteiger partial charge is 0.381 e. The molecule has 0 bridgehead atoms. The van der Waals surface area contributed by atoms with Crippen molar-refractivity contribution in [3.05, 3.63) is 0 Å². The van der Waals surface area contributed by atoms with E-state index in [1.807, 2.05) is 6.92 Å². The molecule has 2 unspecified atom stereocenters. The number of rotatable bonds is 2. The van der Waals surface area contributed by atoms with Crippen molar-refractivity contribution in [3.63, 3.8) is 0 Å². The SMILES string of the molecule is CC1COCCC1(N)CC(N)=O. The van der Waals surface area contributed by atoms with Crippen molar-refractivity contribution in [2.75, 3.05) is 13.2 Å². The van der Waals surface area contributed by atoms with Gasteiger partial charge in [0.1, 0.15) is 0 Å². The standard InChI is InChI=1S/C8H16N2O2/c1-6-5-12-3-2-8(6,10)4-7(9)11/h6H,2-5,10H2,1H3,(H2,9,11). The van der Waals surface area contributed by atoms with Gasteiger partial charge in [-0.1, -0.05) is 6.92 Å². The topological polar surface area (TPSA) is 78.3 Å². The van der Waals surface area contributed by atoms with Gasteiger partial charge in [0.15, 0.2) is 0 Å². The van der Waals surface area contributed by atoms with Gasteiger partial charge in [-0.2, -0.15) is 0 Å². The molecule has 0 saturated carbocycles. The van der Waals surface area contributed by atoms with Crippen LogP contribution in [-0.2, 0) is 9.53 Å². The molecule has 1 fully saturated rings. The van der Waals surface area contributed by atoms with Crippen molar-refractivity contribution in [3.8, 4) is 0 Å². The number of ether oxygens (including phenoxy) is 1. The number of nitrogens with two attached hydrogens (primary N) is 2. The summed E-state index contributed by atoms with van der Waals surface area (Å²) in [5.74, 6) is -0.120. The highest BCUT2D eigenvalue weighted by Gasteiger charge is 2.36. The molecule has 0 spiro atoms. The predicted molar refractivity (Wildman–Crippen MR) is 45.3 cm³/mol. The fourth-order valence-corrected chi connectivity index (χ4v) is 1.52. The average Bonchev–Trinajstić information content (AvgIpc) is 1.94. The summed E-state index contributed by atoms with van der Waals surface area (Å²) in [4.78, 5) is 10.7. The van der Waals surface area contributed by atoms with Gasteiger partial charge >= 0.3 is 0 Å². The molecular weight excluding hydrogens is 156 g/mol. The monoisotopic (exact) mass is 172 g/mol. The van der Waals surface area contributed by atoms with Crippen molar-refractivity contribution < 1.29 is 9.53 Å². The van der Waals surface area contributed by atoms with E-state index in [2.05, 4.69) is 0 Å². The van der Waals surface area contributed by atoms with Crippen LogP contribution in [0.5, 0.6) is 0 Å². The van der Waals surface area contributed by atoms with E-state index >= 15 is 0 Å². The third-order valence-corrected chi connectivity index (χ3v) is 2.56. The average molecular weight is 172 g/mol. The molecule has 12 heavy (non-hydrogen) atoms.